The average Bonchev–Trinajstić information content (AvgIpc) is 2.44. The van der Waals surface area contributed by atoms with Crippen LogP contribution in [0.2, 0.25) is 0 Å². The molecular formula is C17H16BrFO. The molecule has 1 nitrogen and oxygen atoms in total. The maximum atomic E-state index is 13.3. The van der Waals surface area contributed by atoms with Crippen LogP contribution in [-0.4, -0.2) is 5.78 Å². The van der Waals surface area contributed by atoms with Gasteiger partial charge in [-0.15, -0.1) is 0 Å². The summed E-state index contributed by atoms with van der Waals surface area (Å²) in [5, 5.41) is 0. The first-order chi connectivity index (χ1) is 9.60. The number of ketones is 1. The molecule has 2 aromatic carbocycles. The zero-order chi connectivity index (χ0) is 14.5. The highest BCUT2D eigenvalue weighted by Gasteiger charge is 2.11. The van der Waals surface area contributed by atoms with E-state index in [2.05, 4.69) is 22.9 Å². The van der Waals surface area contributed by atoms with E-state index in [-0.39, 0.29) is 5.78 Å². The topological polar surface area (TPSA) is 17.1 Å². The minimum Gasteiger partial charge on any atom is -0.289 e. The van der Waals surface area contributed by atoms with Gasteiger partial charge in [0.1, 0.15) is 5.82 Å². The molecule has 0 aromatic heterocycles. The average molecular weight is 335 g/mol. The van der Waals surface area contributed by atoms with E-state index in [0.29, 0.717) is 15.6 Å². The van der Waals surface area contributed by atoms with E-state index < -0.39 is 5.82 Å². The normalized spacial score (nSPS) is 10.6. The number of hydrogen-bond acceptors (Lipinski definition) is 1. The Morgan fingerprint density at radius 1 is 1.10 bits per heavy atom. The fourth-order valence-electron chi connectivity index (χ4n) is 2.06. The molecule has 0 aliphatic carbocycles. The lowest BCUT2D eigenvalue weighted by atomic mass is 10.0. The molecule has 0 heterocycles. The summed E-state index contributed by atoms with van der Waals surface area (Å²) in [7, 11) is 0. The first-order valence-corrected chi connectivity index (χ1v) is 7.49. The van der Waals surface area contributed by atoms with E-state index in [0.717, 1.165) is 19.3 Å². The molecule has 2 rings (SSSR count). The lowest BCUT2D eigenvalue weighted by molar-refractivity contribution is 0.103. The fourth-order valence-corrected chi connectivity index (χ4v) is 2.52. The van der Waals surface area contributed by atoms with Crippen LogP contribution < -0.4 is 0 Å². The van der Waals surface area contributed by atoms with Crippen molar-refractivity contribution in [3.63, 3.8) is 0 Å². The molecule has 0 N–H and O–H groups in total. The summed E-state index contributed by atoms with van der Waals surface area (Å²) in [5.41, 5.74) is 2.17. The highest BCUT2D eigenvalue weighted by atomic mass is 79.9. The number of halogens is 2. The molecule has 104 valence electrons. The Morgan fingerprint density at radius 2 is 1.80 bits per heavy atom. The van der Waals surface area contributed by atoms with Crippen molar-refractivity contribution in [2.24, 2.45) is 0 Å². The third-order valence-corrected chi connectivity index (χ3v) is 3.62. The predicted molar refractivity (Wildman–Crippen MR) is 82.6 cm³/mol. The zero-order valence-corrected chi connectivity index (χ0v) is 12.9. The number of carbonyl (C=O) groups is 1. The second-order valence-electron chi connectivity index (χ2n) is 4.79. The molecule has 0 amide bonds. The number of aryl methyl sites for hydroxylation is 1. The van der Waals surface area contributed by atoms with Crippen molar-refractivity contribution in [2.45, 2.75) is 26.2 Å². The van der Waals surface area contributed by atoms with Crippen LogP contribution in [0.4, 0.5) is 4.39 Å². The van der Waals surface area contributed by atoms with Crippen LogP contribution in [-0.2, 0) is 6.42 Å². The summed E-state index contributed by atoms with van der Waals surface area (Å²) in [4.78, 5) is 12.3. The van der Waals surface area contributed by atoms with Crippen molar-refractivity contribution < 1.29 is 9.18 Å². The molecule has 0 aliphatic rings. The first kappa shape index (κ1) is 14.9. The van der Waals surface area contributed by atoms with Gasteiger partial charge in [0.2, 0.25) is 0 Å². The Kier molecular flexibility index (Phi) is 5.07. The maximum Gasteiger partial charge on any atom is 0.193 e. The first-order valence-electron chi connectivity index (χ1n) is 6.70. The van der Waals surface area contributed by atoms with Crippen LogP contribution >= 0.6 is 15.9 Å². The van der Waals surface area contributed by atoms with Crippen molar-refractivity contribution in [3.8, 4) is 0 Å². The van der Waals surface area contributed by atoms with E-state index in [4.69, 9.17) is 0 Å². The number of carbonyl (C=O) groups excluding carboxylic acids is 1. The Labute approximate surface area is 127 Å². The summed E-state index contributed by atoms with van der Waals surface area (Å²) in [6.07, 6.45) is 3.32. The second kappa shape index (κ2) is 6.80. The second-order valence-corrected chi connectivity index (χ2v) is 5.70. The molecule has 0 saturated heterocycles. The van der Waals surface area contributed by atoms with Gasteiger partial charge in [0.15, 0.2) is 5.78 Å². The van der Waals surface area contributed by atoms with Gasteiger partial charge in [-0.25, -0.2) is 4.39 Å². The van der Waals surface area contributed by atoms with Crippen molar-refractivity contribution >= 4 is 21.7 Å². The van der Waals surface area contributed by atoms with Gasteiger partial charge >= 0.3 is 0 Å². The number of rotatable bonds is 5. The van der Waals surface area contributed by atoms with Gasteiger partial charge in [0, 0.05) is 15.6 Å². The molecule has 0 saturated carbocycles. The molecule has 20 heavy (non-hydrogen) atoms. The Hall–Kier alpha value is -1.48. The third kappa shape index (κ3) is 3.76. The summed E-state index contributed by atoms with van der Waals surface area (Å²) < 4.78 is 13.9. The fraction of sp³-hybridized carbons (Fsp3) is 0.235. The molecule has 0 bridgehead atoms. The molecule has 0 atom stereocenters. The van der Waals surface area contributed by atoms with Gasteiger partial charge in [-0.2, -0.15) is 0 Å². The highest BCUT2D eigenvalue weighted by molar-refractivity contribution is 9.10. The number of unbranched alkanes of at least 4 members (excludes halogenated alkanes) is 1. The molecule has 0 aliphatic heterocycles. The zero-order valence-electron chi connectivity index (χ0n) is 11.3. The minimum absolute atomic E-state index is 0.160. The van der Waals surface area contributed by atoms with E-state index in [1.807, 2.05) is 24.3 Å². The van der Waals surface area contributed by atoms with E-state index in [9.17, 15) is 9.18 Å². The molecule has 0 unspecified atom stereocenters. The smallest absolute Gasteiger partial charge is 0.193 e. The van der Waals surface area contributed by atoms with Crippen LogP contribution in [0.1, 0.15) is 41.3 Å². The van der Waals surface area contributed by atoms with Gasteiger partial charge in [0.05, 0.1) is 0 Å². The highest BCUT2D eigenvalue weighted by Crippen LogP contribution is 2.18. The van der Waals surface area contributed by atoms with Crippen LogP contribution in [0.15, 0.2) is 46.9 Å². The maximum absolute atomic E-state index is 13.3. The summed E-state index contributed by atoms with van der Waals surface area (Å²) in [6.45, 7) is 2.15. The Balaban J connectivity index is 2.20. The quantitative estimate of drug-likeness (QED) is 0.690. The molecule has 0 spiro atoms. The van der Waals surface area contributed by atoms with Crippen molar-refractivity contribution in [3.05, 3.63) is 69.4 Å². The summed E-state index contributed by atoms with van der Waals surface area (Å²) >= 11 is 3.20. The van der Waals surface area contributed by atoms with E-state index >= 15 is 0 Å². The largest absolute Gasteiger partial charge is 0.289 e. The van der Waals surface area contributed by atoms with Crippen LogP contribution in [0.3, 0.4) is 0 Å². The Morgan fingerprint density at radius 3 is 2.40 bits per heavy atom. The standard InChI is InChI=1S/C17H16BrFO/c1-2-3-4-12-5-7-13(8-6-12)17(20)14-9-15(18)11-16(19)10-14/h5-11H,2-4H2,1H3. The van der Waals surface area contributed by atoms with Gasteiger partial charge in [0.25, 0.3) is 0 Å². The minimum atomic E-state index is -0.415. The van der Waals surface area contributed by atoms with E-state index in [1.54, 1.807) is 6.07 Å². The third-order valence-electron chi connectivity index (χ3n) is 3.16. The predicted octanol–water partition coefficient (Wildman–Crippen LogP) is 5.16. The molecule has 0 radical (unpaired) electrons. The van der Waals surface area contributed by atoms with Crippen LogP contribution in [0, 0.1) is 5.82 Å². The Bertz CT molecular complexity index is 585. The lowest BCUT2D eigenvalue weighted by Gasteiger charge is -2.04. The monoisotopic (exact) mass is 334 g/mol. The lowest BCUT2D eigenvalue weighted by Crippen LogP contribution is -2.02. The van der Waals surface area contributed by atoms with Crippen molar-refractivity contribution in [1.82, 2.24) is 0 Å². The molecular weight excluding hydrogens is 319 g/mol. The molecule has 2 aromatic rings. The molecule has 0 fully saturated rings. The van der Waals surface area contributed by atoms with E-state index in [1.165, 1.54) is 17.7 Å². The van der Waals surface area contributed by atoms with Crippen molar-refractivity contribution in [1.29, 1.82) is 0 Å². The number of hydrogen-bond donors (Lipinski definition) is 0. The number of benzene rings is 2. The van der Waals surface area contributed by atoms with Gasteiger partial charge in [-0.05, 0) is 36.6 Å². The van der Waals surface area contributed by atoms with Gasteiger partial charge in [-0.1, -0.05) is 53.5 Å². The summed E-state index contributed by atoms with van der Waals surface area (Å²) in [6, 6.07) is 11.8. The van der Waals surface area contributed by atoms with Crippen LogP contribution in [0.25, 0.3) is 0 Å². The summed E-state index contributed by atoms with van der Waals surface area (Å²) in [5.74, 6) is -0.575. The van der Waals surface area contributed by atoms with Gasteiger partial charge < -0.3 is 0 Å². The van der Waals surface area contributed by atoms with Crippen molar-refractivity contribution in [2.75, 3.05) is 0 Å². The van der Waals surface area contributed by atoms with Crippen LogP contribution in [0.5, 0.6) is 0 Å². The van der Waals surface area contributed by atoms with Gasteiger partial charge in [-0.3, -0.25) is 4.79 Å². The molecule has 3 heteroatoms. The SMILES string of the molecule is CCCCc1ccc(C(=O)c2cc(F)cc(Br)c2)cc1.